The Morgan fingerprint density at radius 2 is 2.17 bits per heavy atom. The topological polar surface area (TPSA) is 33.9 Å². The van der Waals surface area contributed by atoms with Crippen LogP contribution >= 0.6 is 0 Å². The van der Waals surface area contributed by atoms with Gasteiger partial charge in [-0.15, -0.1) is 0 Å². The molecule has 1 aromatic heterocycles. The lowest BCUT2D eigenvalue weighted by Crippen LogP contribution is -2.32. The molecule has 1 aromatic rings. The molecule has 0 unspecified atom stereocenters. The highest BCUT2D eigenvalue weighted by molar-refractivity contribution is 5.01. The third-order valence-electron chi connectivity index (χ3n) is 1.78. The minimum Gasteiger partial charge on any atom is -0.870 e. The summed E-state index contributed by atoms with van der Waals surface area (Å²) in [6.07, 6.45) is 6.85. The van der Waals surface area contributed by atoms with Gasteiger partial charge >= 0.3 is 0 Å². The Balaban J connectivity index is 0.00000121. The van der Waals surface area contributed by atoms with Crippen molar-refractivity contribution in [3.05, 3.63) is 30.1 Å². The van der Waals surface area contributed by atoms with E-state index in [9.17, 15) is 0 Å². The van der Waals surface area contributed by atoms with Crippen LogP contribution in [0, 0.1) is 6.92 Å². The van der Waals surface area contributed by atoms with Gasteiger partial charge in [-0.3, -0.25) is 0 Å². The Morgan fingerprint density at radius 3 is 2.75 bits per heavy atom. The van der Waals surface area contributed by atoms with E-state index in [-0.39, 0.29) is 5.48 Å². The van der Waals surface area contributed by atoms with E-state index in [1.165, 1.54) is 18.4 Å². The highest BCUT2D eigenvalue weighted by atomic mass is 16.0. The van der Waals surface area contributed by atoms with Crippen molar-refractivity contribution in [3.63, 3.8) is 0 Å². The predicted octanol–water partition coefficient (Wildman–Crippen LogP) is 1.91. The van der Waals surface area contributed by atoms with Gasteiger partial charge in [-0.1, -0.05) is 13.3 Å². The number of hydrogen-bond acceptors (Lipinski definition) is 1. The predicted molar refractivity (Wildman–Crippen MR) is 48.2 cm³/mol. The van der Waals surface area contributed by atoms with Gasteiger partial charge < -0.3 is 5.48 Å². The first-order valence-corrected chi connectivity index (χ1v) is 4.28. The molecule has 0 aliphatic carbocycles. The van der Waals surface area contributed by atoms with Crippen molar-refractivity contribution in [2.45, 2.75) is 33.2 Å². The Hall–Kier alpha value is -0.890. The van der Waals surface area contributed by atoms with Crippen LogP contribution in [-0.4, -0.2) is 5.48 Å². The fourth-order valence-corrected chi connectivity index (χ4v) is 1.13. The zero-order chi connectivity index (χ0) is 8.10. The van der Waals surface area contributed by atoms with Crippen LogP contribution < -0.4 is 4.57 Å². The summed E-state index contributed by atoms with van der Waals surface area (Å²) in [5.74, 6) is 0. The highest BCUT2D eigenvalue weighted by Gasteiger charge is 1.97. The quantitative estimate of drug-likeness (QED) is 0.633. The van der Waals surface area contributed by atoms with Gasteiger partial charge in [0.25, 0.3) is 0 Å². The van der Waals surface area contributed by atoms with E-state index in [2.05, 4.69) is 42.9 Å². The first kappa shape index (κ1) is 11.1. The molecule has 1 heterocycles. The zero-order valence-electron chi connectivity index (χ0n) is 7.83. The molecule has 68 valence electrons. The van der Waals surface area contributed by atoms with E-state index in [1.807, 2.05) is 0 Å². The molecular formula is C10H17NO. The monoisotopic (exact) mass is 167 g/mol. The van der Waals surface area contributed by atoms with Crippen molar-refractivity contribution in [2.24, 2.45) is 0 Å². The molecule has 12 heavy (non-hydrogen) atoms. The van der Waals surface area contributed by atoms with E-state index in [0.717, 1.165) is 6.54 Å². The maximum atomic E-state index is 2.25. The molecule has 0 aromatic carbocycles. The smallest absolute Gasteiger partial charge is 0.171 e. The van der Waals surface area contributed by atoms with Crippen LogP contribution in [-0.2, 0) is 6.54 Å². The normalized spacial score (nSPS) is 9.17. The van der Waals surface area contributed by atoms with Crippen LogP contribution in [0.5, 0.6) is 0 Å². The number of rotatable bonds is 3. The first-order chi connectivity index (χ1) is 5.33. The van der Waals surface area contributed by atoms with Gasteiger partial charge in [-0.25, -0.2) is 4.57 Å². The second-order valence-electron chi connectivity index (χ2n) is 2.97. The minimum atomic E-state index is 0. The second-order valence-corrected chi connectivity index (χ2v) is 2.97. The Labute approximate surface area is 74.2 Å². The SMILES string of the molecule is CCCC[n+]1cccc(C)c1.[OH-]. The van der Waals surface area contributed by atoms with Gasteiger partial charge in [0.15, 0.2) is 12.4 Å². The van der Waals surface area contributed by atoms with E-state index in [1.54, 1.807) is 0 Å². The van der Waals surface area contributed by atoms with Crippen molar-refractivity contribution in [2.75, 3.05) is 0 Å². The molecule has 0 amide bonds. The summed E-state index contributed by atoms with van der Waals surface area (Å²) in [5, 5.41) is 0. The second kappa shape index (κ2) is 5.72. The van der Waals surface area contributed by atoms with Crippen molar-refractivity contribution in [1.29, 1.82) is 0 Å². The molecule has 0 aliphatic heterocycles. The maximum absolute atomic E-state index is 2.25. The van der Waals surface area contributed by atoms with Crippen molar-refractivity contribution in [1.82, 2.24) is 0 Å². The lowest BCUT2D eigenvalue weighted by Gasteiger charge is -1.94. The molecule has 0 aliphatic rings. The van der Waals surface area contributed by atoms with Gasteiger partial charge in [-0.2, -0.15) is 0 Å². The number of nitrogens with zero attached hydrogens (tertiary/aromatic N) is 1. The molecule has 0 bridgehead atoms. The fourth-order valence-electron chi connectivity index (χ4n) is 1.13. The number of hydrogen-bond donors (Lipinski definition) is 0. The molecule has 2 nitrogen and oxygen atoms in total. The minimum absolute atomic E-state index is 0. The number of pyridine rings is 1. The maximum Gasteiger partial charge on any atom is 0.171 e. The average molecular weight is 167 g/mol. The molecule has 1 N–H and O–H groups in total. The van der Waals surface area contributed by atoms with E-state index >= 15 is 0 Å². The number of unbranched alkanes of at least 4 members (excludes halogenated alkanes) is 1. The third-order valence-corrected chi connectivity index (χ3v) is 1.78. The molecule has 0 saturated heterocycles. The van der Waals surface area contributed by atoms with Crippen LogP contribution in [0.4, 0.5) is 0 Å². The molecule has 0 radical (unpaired) electrons. The van der Waals surface area contributed by atoms with E-state index < -0.39 is 0 Å². The zero-order valence-corrected chi connectivity index (χ0v) is 7.83. The van der Waals surface area contributed by atoms with Crippen molar-refractivity contribution >= 4 is 0 Å². The van der Waals surface area contributed by atoms with Gasteiger partial charge in [0.1, 0.15) is 6.54 Å². The van der Waals surface area contributed by atoms with Crippen LogP contribution in [0.1, 0.15) is 25.3 Å². The summed E-state index contributed by atoms with van der Waals surface area (Å²) in [5.41, 5.74) is 1.34. The average Bonchev–Trinajstić information content (AvgIpc) is 2.01. The number of aryl methyl sites for hydroxylation is 2. The molecule has 0 saturated carbocycles. The lowest BCUT2D eigenvalue weighted by molar-refractivity contribution is -0.697. The molecule has 0 fully saturated rings. The van der Waals surface area contributed by atoms with Crippen LogP contribution in [0.25, 0.3) is 0 Å². The highest BCUT2D eigenvalue weighted by Crippen LogP contribution is 1.91. The molecule has 2 heteroatoms. The summed E-state index contributed by atoms with van der Waals surface area (Å²) < 4.78 is 2.25. The Morgan fingerprint density at radius 1 is 1.42 bits per heavy atom. The summed E-state index contributed by atoms with van der Waals surface area (Å²) in [4.78, 5) is 0. The molecule has 1 rings (SSSR count). The number of aromatic nitrogens is 1. The first-order valence-electron chi connectivity index (χ1n) is 4.28. The van der Waals surface area contributed by atoms with Crippen LogP contribution in [0.2, 0.25) is 0 Å². The van der Waals surface area contributed by atoms with Gasteiger partial charge in [0.05, 0.1) is 0 Å². The van der Waals surface area contributed by atoms with Gasteiger partial charge in [-0.05, 0) is 13.0 Å². The van der Waals surface area contributed by atoms with Crippen molar-refractivity contribution < 1.29 is 10.0 Å². The lowest BCUT2D eigenvalue weighted by atomic mass is 10.3. The molecule has 0 atom stereocenters. The Bertz CT molecular complexity index is 223. The summed E-state index contributed by atoms with van der Waals surface area (Å²) in [6.45, 7) is 5.50. The Kier molecular flexibility index (Phi) is 5.30. The van der Waals surface area contributed by atoms with Gasteiger partial charge in [0, 0.05) is 18.1 Å². The largest absolute Gasteiger partial charge is 0.870 e. The fraction of sp³-hybridized carbons (Fsp3) is 0.500. The van der Waals surface area contributed by atoms with E-state index in [0.29, 0.717) is 0 Å². The van der Waals surface area contributed by atoms with Crippen LogP contribution in [0.15, 0.2) is 24.5 Å². The van der Waals surface area contributed by atoms with Crippen LogP contribution in [0.3, 0.4) is 0 Å². The molecular weight excluding hydrogens is 150 g/mol. The summed E-state index contributed by atoms with van der Waals surface area (Å²) >= 11 is 0. The summed E-state index contributed by atoms with van der Waals surface area (Å²) in [7, 11) is 0. The van der Waals surface area contributed by atoms with E-state index in [4.69, 9.17) is 0 Å². The third kappa shape index (κ3) is 3.49. The van der Waals surface area contributed by atoms with Gasteiger partial charge in [0.2, 0.25) is 0 Å². The summed E-state index contributed by atoms with van der Waals surface area (Å²) in [6, 6.07) is 4.23. The standard InChI is InChI=1S/C10H16N.H2O/c1-3-4-7-11-8-5-6-10(2)9-11;/h5-6,8-9H,3-4,7H2,1-2H3;1H2/q+1;/p-1. The molecule has 0 spiro atoms. The van der Waals surface area contributed by atoms with Crippen molar-refractivity contribution in [3.8, 4) is 0 Å².